The highest BCUT2D eigenvalue weighted by Crippen LogP contribution is 2.15. The van der Waals surface area contributed by atoms with Crippen molar-refractivity contribution in [1.82, 2.24) is 0 Å². The van der Waals surface area contributed by atoms with Gasteiger partial charge in [-0.1, -0.05) is 0 Å². The van der Waals surface area contributed by atoms with E-state index in [0.717, 1.165) is 0 Å². The number of rotatable bonds is 5. The van der Waals surface area contributed by atoms with Gasteiger partial charge < -0.3 is 20.7 Å². The molecular weight excluding hydrogens is 322 g/mol. The van der Waals surface area contributed by atoms with Crippen LogP contribution in [0.2, 0.25) is 0 Å². The Kier molecular flexibility index (Phi) is 6.11. The van der Waals surface area contributed by atoms with Crippen molar-refractivity contribution >= 4 is 35.0 Å². The van der Waals surface area contributed by atoms with E-state index in [9.17, 15) is 14.4 Å². The largest absolute Gasteiger partial charge is 0.462 e. The fraction of sp³-hybridized carbons (Fsp3) is 0.167. The molecule has 0 heterocycles. The van der Waals surface area contributed by atoms with Gasteiger partial charge in [-0.2, -0.15) is 0 Å². The summed E-state index contributed by atoms with van der Waals surface area (Å²) in [5.41, 5.74) is 2.18. The number of carbonyl (C=O) groups is 3. The first-order valence-electron chi connectivity index (χ1n) is 7.71. The van der Waals surface area contributed by atoms with Crippen LogP contribution in [0.3, 0.4) is 0 Å². The molecule has 2 rings (SSSR count). The summed E-state index contributed by atoms with van der Waals surface area (Å²) in [4.78, 5) is 34.5. The molecule has 25 heavy (non-hydrogen) atoms. The molecule has 7 heteroatoms. The lowest BCUT2D eigenvalue weighted by atomic mass is 10.2. The zero-order chi connectivity index (χ0) is 18.2. The molecule has 0 saturated carbocycles. The van der Waals surface area contributed by atoms with E-state index < -0.39 is 12.0 Å². The van der Waals surface area contributed by atoms with Crippen molar-refractivity contribution in [1.29, 1.82) is 0 Å². The summed E-state index contributed by atoms with van der Waals surface area (Å²) in [5.74, 6) is -0.567. The Hall–Kier alpha value is -3.35. The number of esters is 1. The van der Waals surface area contributed by atoms with Gasteiger partial charge in [0.25, 0.3) is 0 Å². The second-order valence-electron chi connectivity index (χ2n) is 5.14. The maximum Gasteiger partial charge on any atom is 0.338 e. The molecule has 3 amide bonds. The fourth-order valence-electron chi connectivity index (χ4n) is 2.04. The smallest absolute Gasteiger partial charge is 0.338 e. The molecule has 0 spiro atoms. The quantitative estimate of drug-likeness (QED) is 0.726. The molecule has 0 unspecified atom stereocenters. The number of benzene rings is 2. The molecule has 2 aromatic carbocycles. The average Bonchev–Trinajstić information content (AvgIpc) is 2.57. The Morgan fingerprint density at radius 2 is 1.24 bits per heavy atom. The highest BCUT2D eigenvalue weighted by molar-refractivity contribution is 6.00. The minimum Gasteiger partial charge on any atom is -0.462 e. The summed E-state index contributed by atoms with van der Waals surface area (Å²) >= 11 is 0. The van der Waals surface area contributed by atoms with Crippen molar-refractivity contribution in [2.75, 3.05) is 22.6 Å². The summed E-state index contributed by atoms with van der Waals surface area (Å²) in [6.07, 6.45) is 0. The average molecular weight is 341 g/mol. The van der Waals surface area contributed by atoms with Gasteiger partial charge in [-0.3, -0.25) is 4.79 Å². The van der Waals surface area contributed by atoms with Crippen LogP contribution in [0.1, 0.15) is 24.2 Å². The highest BCUT2D eigenvalue weighted by Gasteiger charge is 2.07. The Morgan fingerprint density at radius 1 is 0.800 bits per heavy atom. The summed E-state index contributed by atoms with van der Waals surface area (Å²) < 4.78 is 4.90. The van der Waals surface area contributed by atoms with Gasteiger partial charge in [0.15, 0.2) is 0 Å². The number of carbonyl (C=O) groups excluding carboxylic acids is 3. The fourth-order valence-corrected chi connectivity index (χ4v) is 2.04. The van der Waals surface area contributed by atoms with Crippen LogP contribution in [0.15, 0.2) is 48.5 Å². The minimum atomic E-state index is -0.420. The van der Waals surface area contributed by atoms with E-state index in [-0.39, 0.29) is 5.91 Å². The third-order valence-corrected chi connectivity index (χ3v) is 3.12. The first-order chi connectivity index (χ1) is 12.0. The Labute approximate surface area is 145 Å². The van der Waals surface area contributed by atoms with Crippen LogP contribution in [0.4, 0.5) is 21.9 Å². The van der Waals surface area contributed by atoms with Crippen LogP contribution in [-0.4, -0.2) is 24.5 Å². The Morgan fingerprint density at radius 3 is 1.68 bits per heavy atom. The van der Waals surface area contributed by atoms with Gasteiger partial charge in [0.1, 0.15) is 0 Å². The van der Waals surface area contributed by atoms with Crippen LogP contribution in [0.5, 0.6) is 0 Å². The van der Waals surface area contributed by atoms with Crippen LogP contribution in [0, 0.1) is 0 Å². The molecule has 0 saturated heterocycles. The Balaban J connectivity index is 1.91. The number of urea groups is 1. The summed E-state index contributed by atoms with van der Waals surface area (Å²) in [5, 5.41) is 7.98. The van der Waals surface area contributed by atoms with E-state index in [2.05, 4.69) is 16.0 Å². The van der Waals surface area contributed by atoms with E-state index in [1.807, 2.05) is 0 Å². The lowest BCUT2D eigenvalue weighted by Gasteiger charge is -2.09. The predicted octanol–water partition coefficient (Wildman–Crippen LogP) is 3.47. The van der Waals surface area contributed by atoms with Gasteiger partial charge in [0.2, 0.25) is 5.91 Å². The van der Waals surface area contributed by atoms with E-state index in [0.29, 0.717) is 29.2 Å². The van der Waals surface area contributed by atoms with E-state index in [1.165, 1.54) is 6.92 Å². The second-order valence-corrected chi connectivity index (χ2v) is 5.14. The number of hydrogen-bond donors (Lipinski definition) is 3. The topological polar surface area (TPSA) is 96.5 Å². The number of amides is 3. The third-order valence-electron chi connectivity index (χ3n) is 3.12. The van der Waals surface area contributed by atoms with Crippen molar-refractivity contribution in [2.45, 2.75) is 13.8 Å². The summed E-state index contributed by atoms with van der Waals surface area (Å²) in [6, 6.07) is 12.7. The molecule has 0 atom stereocenters. The first kappa shape index (κ1) is 18.0. The molecule has 0 aliphatic heterocycles. The standard InChI is InChI=1S/C18H19N3O4/c1-3-25-17(23)13-4-6-15(7-5-13)20-18(24)21-16-10-8-14(9-11-16)19-12(2)22/h4-11H,3H2,1-2H3,(H,19,22)(H2,20,21,24). The monoisotopic (exact) mass is 341 g/mol. The van der Waals surface area contributed by atoms with Gasteiger partial charge in [-0.25, -0.2) is 9.59 Å². The molecule has 2 aromatic rings. The maximum atomic E-state index is 12.0. The Bertz CT molecular complexity index is 755. The molecule has 0 radical (unpaired) electrons. The van der Waals surface area contributed by atoms with Gasteiger partial charge in [0.05, 0.1) is 12.2 Å². The van der Waals surface area contributed by atoms with Crippen molar-refractivity contribution in [2.24, 2.45) is 0 Å². The SMILES string of the molecule is CCOC(=O)c1ccc(NC(=O)Nc2ccc(NC(C)=O)cc2)cc1. The number of ether oxygens (including phenoxy) is 1. The van der Waals surface area contributed by atoms with Crippen LogP contribution < -0.4 is 16.0 Å². The normalized spacial score (nSPS) is 9.84. The molecule has 0 fully saturated rings. The summed E-state index contributed by atoms with van der Waals surface area (Å²) in [7, 11) is 0. The molecule has 0 aliphatic rings. The van der Waals surface area contributed by atoms with Gasteiger partial charge in [-0.15, -0.1) is 0 Å². The van der Waals surface area contributed by atoms with Crippen LogP contribution in [-0.2, 0) is 9.53 Å². The predicted molar refractivity (Wildman–Crippen MR) is 95.8 cm³/mol. The minimum absolute atomic E-state index is 0.162. The van der Waals surface area contributed by atoms with E-state index >= 15 is 0 Å². The maximum absolute atomic E-state index is 12.0. The lowest BCUT2D eigenvalue weighted by molar-refractivity contribution is -0.114. The van der Waals surface area contributed by atoms with Gasteiger partial charge >= 0.3 is 12.0 Å². The van der Waals surface area contributed by atoms with Crippen molar-refractivity contribution < 1.29 is 19.1 Å². The molecular formula is C18H19N3O4. The lowest BCUT2D eigenvalue weighted by Crippen LogP contribution is -2.19. The van der Waals surface area contributed by atoms with E-state index in [1.54, 1.807) is 55.5 Å². The molecule has 3 N–H and O–H groups in total. The molecule has 0 aliphatic carbocycles. The summed E-state index contributed by atoms with van der Waals surface area (Å²) in [6.45, 7) is 3.47. The third kappa shape index (κ3) is 5.65. The van der Waals surface area contributed by atoms with Crippen molar-refractivity contribution in [3.8, 4) is 0 Å². The second kappa shape index (κ2) is 8.49. The molecule has 0 bridgehead atoms. The van der Waals surface area contributed by atoms with Gasteiger partial charge in [0, 0.05) is 24.0 Å². The first-order valence-corrected chi connectivity index (χ1v) is 7.71. The molecule has 7 nitrogen and oxygen atoms in total. The zero-order valence-electron chi connectivity index (χ0n) is 14.0. The molecule has 0 aromatic heterocycles. The zero-order valence-corrected chi connectivity index (χ0v) is 14.0. The van der Waals surface area contributed by atoms with Gasteiger partial charge in [-0.05, 0) is 55.5 Å². The number of nitrogens with one attached hydrogen (secondary N) is 3. The van der Waals surface area contributed by atoms with E-state index in [4.69, 9.17) is 4.74 Å². The van der Waals surface area contributed by atoms with Crippen molar-refractivity contribution in [3.63, 3.8) is 0 Å². The van der Waals surface area contributed by atoms with Crippen LogP contribution in [0.25, 0.3) is 0 Å². The van der Waals surface area contributed by atoms with Crippen LogP contribution >= 0.6 is 0 Å². The van der Waals surface area contributed by atoms with Crippen molar-refractivity contribution in [3.05, 3.63) is 54.1 Å². The molecule has 130 valence electrons. The number of hydrogen-bond acceptors (Lipinski definition) is 4. The highest BCUT2D eigenvalue weighted by atomic mass is 16.5. The number of anilines is 3.